The number of anilines is 1. The number of hydrogen-bond acceptors (Lipinski definition) is 3. The quantitative estimate of drug-likeness (QED) is 0.692. The van der Waals surface area contributed by atoms with Crippen molar-refractivity contribution in [2.75, 3.05) is 18.4 Å². The second-order valence-electron chi connectivity index (χ2n) is 3.21. The Hall–Kier alpha value is -1.88. The van der Waals surface area contributed by atoms with Crippen LogP contribution in [0.25, 0.3) is 0 Å². The third-order valence-electron chi connectivity index (χ3n) is 1.95. The van der Waals surface area contributed by atoms with Gasteiger partial charge in [-0.3, -0.25) is 4.79 Å². The molecule has 0 aliphatic heterocycles. The maximum Gasteiger partial charge on any atom is 0.335 e. The summed E-state index contributed by atoms with van der Waals surface area (Å²) in [5, 5.41) is 14.2. The zero-order valence-corrected chi connectivity index (χ0v) is 8.99. The molecule has 5 heteroatoms. The second-order valence-corrected chi connectivity index (χ2v) is 3.21. The molecule has 3 N–H and O–H groups in total. The first-order valence-corrected chi connectivity index (χ1v) is 4.97. The minimum atomic E-state index is -0.981. The smallest absolute Gasteiger partial charge is 0.335 e. The van der Waals surface area contributed by atoms with Crippen LogP contribution in [0, 0.1) is 0 Å². The maximum absolute atomic E-state index is 11.3. The Labute approximate surface area is 93.5 Å². The Morgan fingerprint density at radius 1 is 1.25 bits per heavy atom. The number of carbonyl (C=O) groups excluding carboxylic acids is 1. The van der Waals surface area contributed by atoms with Crippen molar-refractivity contribution in [2.45, 2.75) is 6.92 Å². The van der Waals surface area contributed by atoms with Crippen LogP contribution in [0.5, 0.6) is 0 Å². The SMILES string of the molecule is CCNCC(=O)Nc1ccc(C(=O)O)cc1. The molecule has 0 fully saturated rings. The molecule has 0 saturated carbocycles. The lowest BCUT2D eigenvalue weighted by molar-refractivity contribution is -0.115. The average Bonchev–Trinajstić information content (AvgIpc) is 2.27. The van der Waals surface area contributed by atoms with Gasteiger partial charge in [0.15, 0.2) is 0 Å². The number of amides is 1. The van der Waals surface area contributed by atoms with Gasteiger partial charge in [-0.1, -0.05) is 6.92 Å². The van der Waals surface area contributed by atoms with Crippen LogP contribution in [-0.4, -0.2) is 30.1 Å². The van der Waals surface area contributed by atoms with Gasteiger partial charge in [-0.2, -0.15) is 0 Å². The van der Waals surface area contributed by atoms with Crippen LogP contribution < -0.4 is 10.6 Å². The Morgan fingerprint density at radius 2 is 1.88 bits per heavy atom. The van der Waals surface area contributed by atoms with E-state index in [4.69, 9.17) is 5.11 Å². The van der Waals surface area contributed by atoms with Gasteiger partial charge in [-0.15, -0.1) is 0 Å². The van der Waals surface area contributed by atoms with E-state index in [-0.39, 0.29) is 18.0 Å². The fourth-order valence-corrected chi connectivity index (χ4v) is 1.14. The average molecular weight is 222 g/mol. The first kappa shape index (κ1) is 12.2. The van der Waals surface area contributed by atoms with Crippen molar-refractivity contribution in [1.29, 1.82) is 0 Å². The summed E-state index contributed by atoms with van der Waals surface area (Å²) in [5.41, 5.74) is 0.789. The molecule has 0 heterocycles. The molecule has 86 valence electrons. The van der Waals surface area contributed by atoms with Crippen LogP contribution in [0.1, 0.15) is 17.3 Å². The molecule has 0 unspecified atom stereocenters. The molecule has 1 aromatic rings. The minimum Gasteiger partial charge on any atom is -0.478 e. The van der Waals surface area contributed by atoms with Crippen LogP contribution in [0.4, 0.5) is 5.69 Å². The lowest BCUT2D eigenvalue weighted by Crippen LogP contribution is -2.27. The summed E-state index contributed by atoms with van der Waals surface area (Å²) in [4.78, 5) is 21.9. The largest absolute Gasteiger partial charge is 0.478 e. The van der Waals surface area contributed by atoms with Crippen molar-refractivity contribution in [3.63, 3.8) is 0 Å². The van der Waals surface area contributed by atoms with Crippen molar-refractivity contribution in [1.82, 2.24) is 5.32 Å². The predicted octanol–water partition coefficient (Wildman–Crippen LogP) is 0.933. The summed E-state index contributed by atoms with van der Waals surface area (Å²) in [7, 11) is 0. The van der Waals surface area contributed by atoms with Crippen molar-refractivity contribution >= 4 is 17.6 Å². The van der Waals surface area contributed by atoms with Crippen molar-refractivity contribution in [3.05, 3.63) is 29.8 Å². The van der Waals surface area contributed by atoms with E-state index in [1.807, 2.05) is 6.92 Å². The summed E-state index contributed by atoms with van der Waals surface area (Å²) in [6.45, 7) is 2.89. The number of carboxylic acid groups (broad SMARTS) is 1. The molecule has 0 bridgehead atoms. The first-order chi connectivity index (χ1) is 7.63. The van der Waals surface area contributed by atoms with E-state index in [2.05, 4.69) is 10.6 Å². The minimum absolute atomic E-state index is 0.148. The van der Waals surface area contributed by atoms with Gasteiger partial charge < -0.3 is 15.7 Å². The molecular weight excluding hydrogens is 208 g/mol. The van der Waals surface area contributed by atoms with Crippen LogP contribution in [-0.2, 0) is 4.79 Å². The van der Waals surface area contributed by atoms with Crippen LogP contribution in [0.3, 0.4) is 0 Å². The Kier molecular flexibility index (Phi) is 4.47. The van der Waals surface area contributed by atoms with Gasteiger partial charge in [0.25, 0.3) is 0 Å². The van der Waals surface area contributed by atoms with Gasteiger partial charge in [0.05, 0.1) is 12.1 Å². The number of aromatic carboxylic acids is 1. The lowest BCUT2D eigenvalue weighted by atomic mass is 10.2. The number of nitrogens with one attached hydrogen (secondary N) is 2. The molecule has 0 aromatic heterocycles. The van der Waals surface area contributed by atoms with Gasteiger partial charge in [0, 0.05) is 5.69 Å². The van der Waals surface area contributed by atoms with Crippen molar-refractivity contribution < 1.29 is 14.7 Å². The number of likely N-dealkylation sites (N-methyl/N-ethyl adjacent to an activating group) is 1. The fraction of sp³-hybridized carbons (Fsp3) is 0.273. The highest BCUT2D eigenvalue weighted by atomic mass is 16.4. The third kappa shape index (κ3) is 3.70. The van der Waals surface area contributed by atoms with Crippen LogP contribution in [0.2, 0.25) is 0 Å². The zero-order valence-electron chi connectivity index (χ0n) is 8.99. The number of rotatable bonds is 5. The van der Waals surface area contributed by atoms with Gasteiger partial charge in [-0.25, -0.2) is 4.79 Å². The summed E-state index contributed by atoms with van der Waals surface area (Å²) in [6, 6.07) is 6.02. The molecule has 0 spiro atoms. The Morgan fingerprint density at radius 3 is 2.38 bits per heavy atom. The summed E-state index contributed by atoms with van der Waals surface area (Å²) in [5.74, 6) is -1.13. The van der Waals surface area contributed by atoms with Crippen LogP contribution in [0.15, 0.2) is 24.3 Å². The van der Waals surface area contributed by atoms with E-state index in [0.717, 1.165) is 6.54 Å². The van der Waals surface area contributed by atoms with E-state index in [1.54, 1.807) is 12.1 Å². The molecule has 1 aromatic carbocycles. The highest BCUT2D eigenvalue weighted by Crippen LogP contribution is 2.09. The van der Waals surface area contributed by atoms with E-state index in [0.29, 0.717) is 5.69 Å². The highest BCUT2D eigenvalue weighted by Gasteiger charge is 2.03. The van der Waals surface area contributed by atoms with E-state index in [9.17, 15) is 9.59 Å². The number of benzene rings is 1. The van der Waals surface area contributed by atoms with E-state index < -0.39 is 5.97 Å². The monoisotopic (exact) mass is 222 g/mol. The highest BCUT2D eigenvalue weighted by molar-refractivity contribution is 5.93. The summed E-state index contributed by atoms with van der Waals surface area (Å²) < 4.78 is 0. The summed E-state index contributed by atoms with van der Waals surface area (Å²) >= 11 is 0. The van der Waals surface area contributed by atoms with Crippen molar-refractivity contribution in [2.24, 2.45) is 0 Å². The molecule has 0 radical (unpaired) electrons. The first-order valence-electron chi connectivity index (χ1n) is 4.97. The molecule has 5 nitrogen and oxygen atoms in total. The standard InChI is InChI=1S/C11H14N2O3/c1-2-12-7-10(14)13-9-5-3-8(4-6-9)11(15)16/h3-6,12H,2,7H2,1H3,(H,13,14)(H,15,16). The lowest BCUT2D eigenvalue weighted by Gasteiger charge is -2.05. The van der Waals surface area contributed by atoms with Gasteiger partial charge in [0.1, 0.15) is 0 Å². The summed E-state index contributed by atoms with van der Waals surface area (Å²) in [6.07, 6.45) is 0. The second kappa shape index (κ2) is 5.87. The molecule has 0 aliphatic carbocycles. The van der Waals surface area contributed by atoms with Crippen molar-refractivity contribution in [3.8, 4) is 0 Å². The molecule has 1 amide bonds. The number of carbonyl (C=O) groups is 2. The van der Waals surface area contributed by atoms with E-state index >= 15 is 0 Å². The third-order valence-corrected chi connectivity index (χ3v) is 1.95. The topological polar surface area (TPSA) is 78.4 Å². The molecular formula is C11H14N2O3. The molecule has 16 heavy (non-hydrogen) atoms. The predicted molar refractivity (Wildman–Crippen MR) is 60.6 cm³/mol. The van der Waals surface area contributed by atoms with Gasteiger partial charge in [-0.05, 0) is 30.8 Å². The maximum atomic E-state index is 11.3. The van der Waals surface area contributed by atoms with E-state index in [1.165, 1.54) is 12.1 Å². The van der Waals surface area contributed by atoms with Gasteiger partial charge in [0.2, 0.25) is 5.91 Å². The zero-order chi connectivity index (χ0) is 12.0. The van der Waals surface area contributed by atoms with Crippen LogP contribution >= 0.6 is 0 Å². The number of hydrogen-bond donors (Lipinski definition) is 3. The number of carboxylic acids is 1. The van der Waals surface area contributed by atoms with Gasteiger partial charge >= 0.3 is 5.97 Å². The Balaban J connectivity index is 2.55. The fourth-order valence-electron chi connectivity index (χ4n) is 1.14. The molecule has 0 saturated heterocycles. The molecule has 0 aliphatic rings. The molecule has 0 atom stereocenters. The normalized spacial score (nSPS) is 9.81. The molecule has 1 rings (SSSR count). The Bertz CT molecular complexity index is 373.